The number of phenols is 1. The van der Waals surface area contributed by atoms with Crippen LogP contribution in [0.5, 0.6) is 5.75 Å². The third kappa shape index (κ3) is 5.07. The summed E-state index contributed by atoms with van der Waals surface area (Å²) in [6.07, 6.45) is 0.558. The summed E-state index contributed by atoms with van der Waals surface area (Å²) in [5, 5.41) is 12.6. The van der Waals surface area contributed by atoms with E-state index in [-0.39, 0.29) is 23.9 Å². The summed E-state index contributed by atoms with van der Waals surface area (Å²) in [6, 6.07) is 22.6. The number of nitrogens with one attached hydrogen (secondary N) is 1. The molecule has 28 heavy (non-hydrogen) atoms. The van der Waals surface area contributed by atoms with Gasteiger partial charge in [-0.05, 0) is 54.3 Å². The van der Waals surface area contributed by atoms with Gasteiger partial charge >= 0.3 is 0 Å². The molecule has 4 nitrogen and oxygen atoms in total. The van der Waals surface area contributed by atoms with Crippen molar-refractivity contribution in [3.8, 4) is 5.75 Å². The van der Waals surface area contributed by atoms with Crippen molar-refractivity contribution in [3.63, 3.8) is 0 Å². The van der Waals surface area contributed by atoms with Gasteiger partial charge in [-0.3, -0.25) is 9.59 Å². The van der Waals surface area contributed by atoms with E-state index in [0.29, 0.717) is 12.0 Å². The number of Topliss-reactive ketones (excluding diaryl/α,β-unsaturated/α-hetero) is 1. The third-order valence-electron chi connectivity index (χ3n) is 4.71. The van der Waals surface area contributed by atoms with Crippen molar-refractivity contribution in [3.05, 3.63) is 101 Å². The lowest BCUT2D eigenvalue weighted by Gasteiger charge is -2.19. The van der Waals surface area contributed by atoms with E-state index < -0.39 is 6.04 Å². The molecule has 1 amide bonds. The normalized spacial score (nSPS) is 11.6. The van der Waals surface area contributed by atoms with Gasteiger partial charge in [-0.1, -0.05) is 54.6 Å². The average molecular weight is 373 g/mol. The van der Waals surface area contributed by atoms with Gasteiger partial charge in [-0.25, -0.2) is 0 Å². The fourth-order valence-electron chi connectivity index (χ4n) is 3.11. The van der Waals surface area contributed by atoms with Gasteiger partial charge in [-0.2, -0.15) is 0 Å². The van der Waals surface area contributed by atoms with E-state index in [9.17, 15) is 14.7 Å². The van der Waals surface area contributed by atoms with Crippen LogP contribution in [0.25, 0.3) is 0 Å². The Morgan fingerprint density at radius 1 is 0.929 bits per heavy atom. The molecule has 4 heteroatoms. The number of aryl methyl sites for hydroxylation is 1. The first-order valence-electron chi connectivity index (χ1n) is 9.24. The monoisotopic (exact) mass is 373 g/mol. The van der Waals surface area contributed by atoms with E-state index in [0.717, 1.165) is 16.7 Å². The van der Waals surface area contributed by atoms with Crippen LogP contribution < -0.4 is 5.32 Å². The number of amides is 1. The second kappa shape index (κ2) is 9.00. The first kappa shape index (κ1) is 19.4. The Balaban J connectivity index is 1.81. The molecule has 3 rings (SSSR count). The Morgan fingerprint density at radius 2 is 1.64 bits per heavy atom. The molecule has 0 aliphatic heterocycles. The van der Waals surface area contributed by atoms with Crippen molar-refractivity contribution in [2.75, 3.05) is 0 Å². The van der Waals surface area contributed by atoms with Crippen LogP contribution in [0.3, 0.4) is 0 Å². The van der Waals surface area contributed by atoms with Gasteiger partial charge in [-0.15, -0.1) is 0 Å². The van der Waals surface area contributed by atoms with E-state index in [2.05, 4.69) is 5.32 Å². The zero-order chi connectivity index (χ0) is 19.9. The van der Waals surface area contributed by atoms with E-state index in [1.54, 1.807) is 42.5 Å². The molecular formula is C24H23NO3. The summed E-state index contributed by atoms with van der Waals surface area (Å²) in [4.78, 5) is 25.7. The first-order chi connectivity index (χ1) is 13.5. The second-order valence-electron chi connectivity index (χ2n) is 6.84. The van der Waals surface area contributed by atoms with Crippen LogP contribution in [-0.4, -0.2) is 22.8 Å². The minimum Gasteiger partial charge on any atom is -0.508 e. The zero-order valence-corrected chi connectivity index (χ0v) is 15.8. The highest BCUT2D eigenvalue weighted by atomic mass is 16.3. The number of phenolic OH excluding ortho intramolecular Hbond substituents is 1. The van der Waals surface area contributed by atoms with Crippen LogP contribution >= 0.6 is 0 Å². The highest BCUT2D eigenvalue weighted by Crippen LogP contribution is 2.15. The van der Waals surface area contributed by atoms with Crippen molar-refractivity contribution >= 4 is 11.7 Å². The lowest BCUT2D eigenvalue weighted by molar-refractivity contribution is -0.120. The van der Waals surface area contributed by atoms with Crippen LogP contribution in [0.2, 0.25) is 0 Å². The summed E-state index contributed by atoms with van der Waals surface area (Å²) in [6.45, 7) is 1.97. The minimum atomic E-state index is -0.686. The molecule has 1 atom stereocenters. The van der Waals surface area contributed by atoms with Gasteiger partial charge < -0.3 is 10.4 Å². The summed E-state index contributed by atoms with van der Waals surface area (Å²) in [5.74, 6) is -0.220. The Morgan fingerprint density at radius 3 is 2.36 bits per heavy atom. The third-order valence-corrected chi connectivity index (χ3v) is 4.71. The standard InChI is InChI=1S/C24H23NO3/c1-17-8-5-6-12-20(17)16-23(27)22(15-18-9-7-13-21(26)14-18)25-24(28)19-10-3-2-4-11-19/h2-14,22,26H,15-16H2,1H3,(H,25,28). The predicted octanol–water partition coefficient (Wildman–Crippen LogP) is 3.85. The van der Waals surface area contributed by atoms with Crippen molar-refractivity contribution in [1.82, 2.24) is 5.32 Å². The molecule has 1 unspecified atom stereocenters. The molecular weight excluding hydrogens is 350 g/mol. The van der Waals surface area contributed by atoms with Crippen molar-refractivity contribution in [2.24, 2.45) is 0 Å². The summed E-state index contributed by atoms with van der Waals surface area (Å²) >= 11 is 0. The highest BCUT2D eigenvalue weighted by Gasteiger charge is 2.22. The van der Waals surface area contributed by atoms with E-state index in [1.165, 1.54) is 0 Å². The summed E-state index contributed by atoms with van der Waals surface area (Å²) < 4.78 is 0. The minimum absolute atomic E-state index is 0.0677. The van der Waals surface area contributed by atoms with Crippen LogP contribution in [0.15, 0.2) is 78.9 Å². The molecule has 0 aromatic heterocycles. The van der Waals surface area contributed by atoms with Crippen LogP contribution in [-0.2, 0) is 17.6 Å². The van der Waals surface area contributed by atoms with E-state index in [4.69, 9.17) is 0 Å². The number of aromatic hydroxyl groups is 1. The highest BCUT2D eigenvalue weighted by molar-refractivity contribution is 5.98. The number of benzene rings is 3. The predicted molar refractivity (Wildman–Crippen MR) is 109 cm³/mol. The molecule has 0 saturated heterocycles. The van der Waals surface area contributed by atoms with Gasteiger partial charge in [0.2, 0.25) is 0 Å². The quantitative estimate of drug-likeness (QED) is 0.661. The molecule has 3 aromatic rings. The lowest BCUT2D eigenvalue weighted by Crippen LogP contribution is -2.43. The fraction of sp³-hybridized carbons (Fsp3) is 0.167. The smallest absolute Gasteiger partial charge is 0.251 e. The molecule has 0 spiro atoms. The average Bonchev–Trinajstić information content (AvgIpc) is 2.70. The Hall–Kier alpha value is -3.40. The van der Waals surface area contributed by atoms with Crippen molar-refractivity contribution in [2.45, 2.75) is 25.8 Å². The SMILES string of the molecule is Cc1ccccc1CC(=O)C(Cc1cccc(O)c1)NC(=O)c1ccccc1. The van der Waals surface area contributed by atoms with Crippen LogP contribution in [0.1, 0.15) is 27.0 Å². The molecule has 0 saturated carbocycles. The van der Waals surface area contributed by atoms with Crippen LogP contribution in [0.4, 0.5) is 0 Å². The number of rotatable bonds is 7. The number of hydrogen-bond acceptors (Lipinski definition) is 3. The first-order valence-corrected chi connectivity index (χ1v) is 9.24. The lowest BCUT2D eigenvalue weighted by atomic mass is 9.95. The molecule has 2 N–H and O–H groups in total. The topological polar surface area (TPSA) is 66.4 Å². The zero-order valence-electron chi connectivity index (χ0n) is 15.8. The Bertz CT molecular complexity index is 966. The molecule has 0 radical (unpaired) electrons. The summed E-state index contributed by atoms with van der Waals surface area (Å²) in [5.41, 5.74) is 3.28. The van der Waals surface area contributed by atoms with E-state index in [1.807, 2.05) is 43.3 Å². The summed E-state index contributed by atoms with van der Waals surface area (Å²) in [7, 11) is 0. The Kier molecular flexibility index (Phi) is 6.22. The van der Waals surface area contributed by atoms with Gasteiger partial charge in [0.05, 0.1) is 6.04 Å². The van der Waals surface area contributed by atoms with Crippen molar-refractivity contribution in [1.29, 1.82) is 0 Å². The molecule has 3 aromatic carbocycles. The number of ketones is 1. The molecule has 0 bridgehead atoms. The molecule has 0 aliphatic rings. The number of hydrogen-bond donors (Lipinski definition) is 2. The molecule has 142 valence electrons. The van der Waals surface area contributed by atoms with E-state index >= 15 is 0 Å². The maximum absolute atomic E-state index is 13.0. The second-order valence-corrected chi connectivity index (χ2v) is 6.84. The number of carbonyl (C=O) groups excluding carboxylic acids is 2. The van der Waals surface area contributed by atoms with Gasteiger partial charge in [0, 0.05) is 12.0 Å². The maximum Gasteiger partial charge on any atom is 0.251 e. The van der Waals surface area contributed by atoms with Crippen molar-refractivity contribution < 1.29 is 14.7 Å². The molecule has 0 heterocycles. The number of carbonyl (C=O) groups is 2. The molecule has 0 aliphatic carbocycles. The van der Waals surface area contributed by atoms with Gasteiger partial charge in [0.25, 0.3) is 5.91 Å². The Labute approximate surface area is 164 Å². The van der Waals surface area contributed by atoms with Gasteiger partial charge in [0.15, 0.2) is 5.78 Å². The molecule has 0 fully saturated rings. The maximum atomic E-state index is 13.0. The van der Waals surface area contributed by atoms with Crippen LogP contribution in [0, 0.1) is 6.92 Å². The largest absolute Gasteiger partial charge is 0.508 e. The van der Waals surface area contributed by atoms with Gasteiger partial charge in [0.1, 0.15) is 5.75 Å². The fourth-order valence-corrected chi connectivity index (χ4v) is 3.11.